The van der Waals surface area contributed by atoms with Gasteiger partial charge in [-0.05, 0) is 28.3 Å². The van der Waals surface area contributed by atoms with Crippen LogP contribution in [0.25, 0.3) is 16.8 Å². The van der Waals surface area contributed by atoms with Gasteiger partial charge in [-0.2, -0.15) is 0 Å². The summed E-state index contributed by atoms with van der Waals surface area (Å²) in [6.45, 7) is 0. The van der Waals surface area contributed by atoms with Crippen molar-refractivity contribution in [2.45, 2.75) is 6.42 Å². The smallest absolute Gasteiger partial charge is 0 e. The average molecular weight is 206 g/mol. The Morgan fingerprint density at radius 1 is 0.929 bits per heavy atom. The number of hydrogen-bond acceptors (Lipinski definition) is 0. The van der Waals surface area contributed by atoms with E-state index in [9.17, 15) is 0 Å². The van der Waals surface area contributed by atoms with Crippen molar-refractivity contribution in [2.24, 2.45) is 0 Å². The zero-order chi connectivity index (χ0) is 8.67. The second kappa shape index (κ2) is 4.06. The Labute approximate surface area is 114 Å². The minimum atomic E-state index is 0. The standard InChI is InChI=1S/C13H10.Ar/c1-4-10-6-2-8-12-9-3-7-11(5-1)13(10)12;/h1-8H,9H2;. The van der Waals surface area contributed by atoms with E-state index in [1.165, 1.54) is 21.9 Å². The van der Waals surface area contributed by atoms with Crippen LogP contribution in [-0.4, -0.2) is 0 Å². The second-order valence-corrected chi connectivity index (χ2v) is 3.47. The molecule has 1 aliphatic rings. The zero-order valence-electron chi connectivity index (χ0n) is 7.68. The van der Waals surface area contributed by atoms with Gasteiger partial charge in [0.2, 0.25) is 0 Å². The van der Waals surface area contributed by atoms with Crippen molar-refractivity contribution in [1.82, 2.24) is 0 Å². The first kappa shape index (κ1) is 10.2. The molecule has 1 aliphatic carbocycles. The van der Waals surface area contributed by atoms with Gasteiger partial charge in [-0.1, -0.05) is 48.6 Å². The van der Waals surface area contributed by atoms with Gasteiger partial charge in [-0.25, -0.2) is 0 Å². The maximum atomic E-state index is 2.23. The molecule has 0 bridgehead atoms. The van der Waals surface area contributed by atoms with E-state index in [-0.39, 0.29) is 37.7 Å². The predicted molar refractivity (Wildman–Crippen MR) is 56.7 cm³/mol. The molecule has 2 aromatic rings. The molecule has 3 rings (SSSR count). The molecule has 0 unspecified atom stereocenters. The van der Waals surface area contributed by atoms with Crippen molar-refractivity contribution in [3.8, 4) is 0 Å². The van der Waals surface area contributed by atoms with E-state index >= 15 is 0 Å². The maximum Gasteiger partial charge on any atom is 0 e. The third kappa shape index (κ3) is 1.52. The number of rotatable bonds is 0. The molecular weight excluding hydrogens is 196 g/mol. The third-order valence-electron chi connectivity index (χ3n) is 2.66. The second-order valence-electron chi connectivity index (χ2n) is 3.47. The Bertz CT molecular complexity index is 492. The summed E-state index contributed by atoms with van der Waals surface area (Å²) in [6, 6.07) is 13.0. The van der Waals surface area contributed by atoms with Crippen LogP contribution in [0.3, 0.4) is 0 Å². The molecule has 70 valence electrons. The van der Waals surface area contributed by atoms with Crippen molar-refractivity contribution < 1.29 is 37.7 Å². The molecule has 0 atom stereocenters. The van der Waals surface area contributed by atoms with E-state index in [4.69, 9.17) is 0 Å². The van der Waals surface area contributed by atoms with Crippen LogP contribution >= 0.6 is 0 Å². The van der Waals surface area contributed by atoms with Gasteiger partial charge in [0.05, 0.1) is 0 Å². The van der Waals surface area contributed by atoms with E-state index in [0.29, 0.717) is 0 Å². The van der Waals surface area contributed by atoms with Gasteiger partial charge in [0.25, 0.3) is 0 Å². The molecule has 0 saturated carbocycles. The molecular formula is C13H10Ar. The van der Waals surface area contributed by atoms with Crippen LogP contribution in [0, 0.1) is 37.7 Å². The fourth-order valence-corrected chi connectivity index (χ4v) is 2.07. The third-order valence-corrected chi connectivity index (χ3v) is 2.66. The van der Waals surface area contributed by atoms with Crippen LogP contribution in [0.1, 0.15) is 11.1 Å². The van der Waals surface area contributed by atoms with Crippen LogP contribution < -0.4 is 0 Å². The Morgan fingerprint density at radius 2 is 1.71 bits per heavy atom. The first-order valence-electron chi connectivity index (χ1n) is 4.62. The number of allylic oxidation sites excluding steroid dienone is 1. The van der Waals surface area contributed by atoms with E-state index in [2.05, 4.69) is 48.6 Å². The summed E-state index contributed by atoms with van der Waals surface area (Å²) in [7, 11) is 0. The summed E-state index contributed by atoms with van der Waals surface area (Å²) < 4.78 is 0. The number of benzene rings is 2. The van der Waals surface area contributed by atoms with Crippen LogP contribution in [0.4, 0.5) is 0 Å². The molecule has 0 fully saturated rings. The summed E-state index contributed by atoms with van der Waals surface area (Å²) in [4.78, 5) is 0. The van der Waals surface area contributed by atoms with Gasteiger partial charge in [0.15, 0.2) is 0 Å². The summed E-state index contributed by atoms with van der Waals surface area (Å²) in [5.41, 5.74) is 2.81. The molecule has 0 amide bonds. The molecule has 1 heteroatoms. The number of hydrogen-bond donors (Lipinski definition) is 0. The fraction of sp³-hybridized carbons (Fsp3) is 0.0769. The van der Waals surface area contributed by atoms with E-state index < -0.39 is 0 Å². The quantitative estimate of drug-likeness (QED) is 0.619. The SMILES string of the molecule is C1=Cc2cccc3cccc(c23)C1.[Ar]. The van der Waals surface area contributed by atoms with Gasteiger partial charge < -0.3 is 0 Å². The first-order chi connectivity index (χ1) is 6.45. The summed E-state index contributed by atoms with van der Waals surface area (Å²) in [5, 5.41) is 2.80. The van der Waals surface area contributed by atoms with Gasteiger partial charge in [0.1, 0.15) is 0 Å². The van der Waals surface area contributed by atoms with Crippen LogP contribution in [-0.2, 0) is 6.42 Å². The molecule has 14 heavy (non-hydrogen) atoms. The summed E-state index contributed by atoms with van der Waals surface area (Å²) in [6.07, 6.45) is 5.53. The zero-order valence-corrected chi connectivity index (χ0v) is 8.39. The van der Waals surface area contributed by atoms with Crippen molar-refractivity contribution in [2.75, 3.05) is 0 Å². The molecule has 0 N–H and O–H groups in total. The molecule has 2 aromatic carbocycles. The minimum Gasteiger partial charge on any atom is -0.0795 e. The normalized spacial score (nSPS) is 12.6. The molecule has 0 heterocycles. The van der Waals surface area contributed by atoms with Gasteiger partial charge in [0, 0.05) is 37.7 Å². The average Bonchev–Trinajstić information content (AvgIpc) is 2.19. The van der Waals surface area contributed by atoms with Gasteiger partial charge in [-0.3, -0.25) is 0 Å². The van der Waals surface area contributed by atoms with Crippen molar-refractivity contribution in [3.63, 3.8) is 0 Å². The largest absolute Gasteiger partial charge is 0.0795 e. The van der Waals surface area contributed by atoms with Gasteiger partial charge >= 0.3 is 0 Å². The molecule has 0 saturated heterocycles. The van der Waals surface area contributed by atoms with Crippen molar-refractivity contribution in [1.29, 1.82) is 0 Å². The Balaban J connectivity index is 0.000000750. The van der Waals surface area contributed by atoms with Crippen LogP contribution in [0.5, 0.6) is 0 Å². The van der Waals surface area contributed by atoms with E-state index in [0.717, 1.165) is 6.42 Å². The topological polar surface area (TPSA) is 0 Å². The minimum absolute atomic E-state index is 0. The Morgan fingerprint density at radius 3 is 2.57 bits per heavy atom. The van der Waals surface area contributed by atoms with Gasteiger partial charge in [-0.15, -0.1) is 0 Å². The monoisotopic (exact) mass is 206 g/mol. The van der Waals surface area contributed by atoms with E-state index in [1.54, 1.807) is 0 Å². The maximum absolute atomic E-state index is 2.23. The predicted octanol–water partition coefficient (Wildman–Crippen LogP) is 3.41. The van der Waals surface area contributed by atoms with Crippen LogP contribution in [0.2, 0.25) is 0 Å². The molecule has 0 radical (unpaired) electrons. The van der Waals surface area contributed by atoms with Crippen molar-refractivity contribution in [3.05, 3.63) is 53.6 Å². The molecule has 0 aromatic heterocycles. The summed E-state index contributed by atoms with van der Waals surface area (Å²) >= 11 is 0. The van der Waals surface area contributed by atoms with E-state index in [1.807, 2.05) is 0 Å². The van der Waals surface area contributed by atoms with Crippen molar-refractivity contribution >= 4 is 16.8 Å². The molecule has 0 aliphatic heterocycles. The molecule has 0 nitrogen and oxygen atoms in total. The Kier molecular flexibility index (Phi) is 2.96. The Hall–Kier alpha value is -0.300. The first-order valence-corrected chi connectivity index (χ1v) is 4.62. The fourth-order valence-electron chi connectivity index (χ4n) is 2.07. The van der Waals surface area contributed by atoms with Crippen LogP contribution in [0.15, 0.2) is 42.5 Å². The summed E-state index contributed by atoms with van der Waals surface area (Å²) in [5.74, 6) is 0. The molecule has 0 spiro atoms.